The fourth-order valence-corrected chi connectivity index (χ4v) is 6.46. The number of carbonyl (C=O) groups is 3. The van der Waals surface area contributed by atoms with Gasteiger partial charge in [-0.15, -0.1) is 0 Å². The molecule has 0 aromatic heterocycles. The molecule has 3 N–H and O–H groups in total. The zero-order valence-electron chi connectivity index (χ0n) is 31.5. The molecule has 0 unspecified atom stereocenters. The lowest BCUT2D eigenvalue weighted by atomic mass is 10.0. The molecule has 0 fully saturated rings. The van der Waals surface area contributed by atoms with Crippen molar-refractivity contribution in [2.75, 3.05) is 6.54 Å². The van der Waals surface area contributed by atoms with E-state index in [1.54, 1.807) is 0 Å². The predicted octanol–water partition coefficient (Wildman–Crippen LogP) is 12.0. The molecule has 278 valence electrons. The van der Waals surface area contributed by atoms with Gasteiger partial charge in [-0.2, -0.15) is 0 Å². The highest BCUT2D eigenvalue weighted by atomic mass is 16.4. The minimum absolute atomic E-state index is 0.0452. The molecule has 0 spiro atoms. The maximum Gasteiger partial charge on any atom is 0.326 e. The Bertz CT molecular complexity index is 699. The normalized spacial score (nSPS) is 11.9. The molecule has 0 radical (unpaired) electrons. The molecule has 1 atom stereocenters. The SMILES string of the molecule is CCCCCCCCCCCCCCCCCC(=O)NCCC[C@H](NC(=O)CCCCCCCCCCCCCCCCC)C(=O)O. The third-order valence-corrected chi connectivity index (χ3v) is 9.64. The van der Waals surface area contributed by atoms with Crippen molar-refractivity contribution in [1.29, 1.82) is 0 Å². The Kier molecular flexibility index (Phi) is 36.0. The average Bonchev–Trinajstić information content (AvgIpc) is 3.06. The van der Waals surface area contributed by atoms with Gasteiger partial charge in [-0.1, -0.05) is 194 Å². The molecule has 0 aliphatic rings. The number of hydrogen-bond acceptors (Lipinski definition) is 3. The minimum Gasteiger partial charge on any atom is -0.480 e. The standard InChI is InChI=1S/C41H80N2O4/c1-3-5-7-9-11-13-15-17-19-21-23-25-27-29-31-35-39(44)42-37-33-34-38(41(46)47)43-40(45)36-32-30-28-26-24-22-20-18-16-14-12-10-8-6-4-2/h38H,3-37H2,1-2H3,(H,42,44)(H,43,45)(H,46,47)/t38-/m0/s1. The molecule has 0 saturated carbocycles. The predicted molar refractivity (Wildman–Crippen MR) is 201 cm³/mol. The largest absolute Gasteiger partial charge is 0.480 e. The van der Waals surface area contributed by atoms with Crippen LogP contribution in [0.1, 0.15) is 232 Å². The highest BCUT2D eigenvalue weighted by Crippen LogP contribution is 2.15. The smallest absolute Gasteiger partial charge is 0.326 e. The molecule has 0 heterocycles. The molecule has 0 aliphatic carbocycles. The van der Waals surface area contributed by atoms with Crippen molar-refractivity contribution in [1.82, 2.24) is 10.6 Å². The van der Waals surface area contributed by atoms with Crippen LogP contribution in [0.2, 0.25) is 0 Å². The third kappa shape index (κ3) is 35.5. The Morgan fingerprint density at radius 1 is 0.426 bits per heavy atom. The van der Waals surface area contributed by atoms with Crippen molar-refractivity contribution >= 4 is 17.8 Å². The summed E-state index contributed by atoms with van der Waals surface area (Å²) in [5, 5.41) is 15.1. The first-order chi connectivity index (χ1) is 23.0. The Morgan fingerprint density at radius 3 is 1.04 bits per heavy atom. The van der Waals surface area contributed by atoms with Crippen LogP contribution in [-0.2, 0) is 14.4 Å². The molecule has 0 aromatic rings. The highest BCUT2D eigenvalue weighted by Gasteiger charge is 2.19. The van der Waals surface area contributed by atoms with Crippen LogP contribution in [0.3, 0.4) is 0 Å². The van der Waals surface area contributed by atoms with Gasteiger partial charge in [0, 0.05) is 19.4 Å². The highest BCUT2D eigenvalue weighted by molar-refractivity contribution is 5.83. The second-order valence-electron chi connectivity index (χ2n) is 14.4. The van der Waals surface area contributed by atoms with Gasteiger partial charge in [-0.3, -0.25) is 9.59 Å². The van der Waals surface area contributed by atoms with Crippen LogP contribution in [0.25, 0.3) is 0 Å². The fraction of sp³-hybridized carbons (Fsp3) is 0.927. The number of rotatable bonds is 38. The quantitative estimate of drug-likeness (QED) is 0.0572. The summed E-state index contributed by atoms with van der Waals surface area (Å²) in [6, 6.07) is -0.883. The van der Waals surface area contributed by atoms with Gasteiger partial charge in [-0.05, 0) is 25.7 Å². The van der Waals surface area contributed by atoms with E-state index in [1.165, 1.54) is 161 Å². The lowest BCUT2D eigenvalue weighted by Crippen LogP contribution is -2.41. The van der Waals surface area contributed by atoms with E-state index >= 15 is 0 Å². The molecule has 6 nitrogen and oxygen atoms in total. The number of aliphatic carboxylic acids is 1. The zero-order chi connectivity index (χ0) is 34.5. The lowest BCUT2D eigenvalue weighted by Gasteiger charge is -2.15. The number of unbranched alkanes of at least 4 members (excludes halogenated alkanes) is 28. The van der Waals surface area contributed by atoms with Crippen molar-refractivity contribution in [3.63, 3.8) is 0 Å². The van der Waals surface area contributed by atoms with E-state index in [-0.39, 0.29) is 11.8 Å². The van der Waals surface area contributed by atoms with Crippen molar-refractivity contribution < 1.29 is 19.5 Å². The molecule has 2 amide bonds. The van der Waals surface area contributed by atoms with Crippen LogP contribution in [0.5, 0.6) is 0 Å². The van der Waals surface area contributed by atoms with Gasteiger partial charge in [0.2, 0.25) is 11.8 Å². The molecule has 0 rings (SSSR count). The van der Waals surface area contributed by atoms with Crippen LogP contribution in [-0.4, -0.2) is 35.5 Å². The number of amides is 2. The van der Waals surface area contributed by atoms with Gasteiger partial charge in [0.1, 0.15) is 6.04 Å². The van der Waals surface area contributed by atoms with E-state index in [1.807, 2.05) is 0 Å². The first-order valence-corrected chi connectivity index (χ1v) is 20.8. The maximum atomic E-state index is 12.3. The van der Waals surface area contributed by atoms with E-state index in [0.29, 0.717) is 32.2 Å². The van der Waals surface area contributed by atoms with Gasteiger partial charge < -0.3 is 15.7 Å². The summed E-state index contributed by atoms with van der Waals surface area (Å²) < 4.78 is 0. The van der Waals surface area contributed by atoms with Gasteiger partial charge in [0.05, 0.1) is 0 Å². The van der Waals surface area contributed by atoms with E-state index in [4.69, 9.17) is 0 Å². The maximum absolute atomic E-state index is 12.3. The van der Waals surface area contributed by atoms with Crippen molar-refractivity contribution in [3.05, 3.63) is 0 Å². The molecular formula is C41H80N2O4. The summed E-state index contributed by atoms with van der Waals surface area (Å²) in [5.74, 6) is -1.13. The summed E-state index contributed by atoms with van der Waals surface area (Å²) >= 11 is 0. The van der Waals surface area contributed by atoms with Crippen LogP contribution >= 0.6 is 0 Å². The third-order valence-electron chi connectivity index (χ3n) is 9.64. The Balaban J connectivity index is 3.58. The second-order valence-corrected chi connectivity index (χ2v) is 14.4. The molecule has 0 bridgehead atoms. The second kappa shape index (κ2) is 37.2. The van der Waals surface area contributed by atoms with E-state index < -0.39 is 12.0 Å². The molecule has 47 heavy (non-hydrogen) atoms. The summed E-state index contributed by atoms with van der Waals surface area (Å²) in [4.78, 5) is 36.1. The summed E-state index contributed by atoms with van der Waals surface area (Å²) in [5.41, 5.74) is 0. The van der Waals surface area contributed by atoms with Crippen LogP contribution in [0.4, 0.5) is 0 Å². The molecule has 6 heteroatoms. The van der Waals surface area contributed by atoms with E-state index in [0.717, 1.165) is 32.1 Å². The van der Waals surface area contributed by atoms with Crippen LogP contribution in [0.15, 0.2) is 0 Å². The molecule has 0 aliphatic heterocycles. The number of carboxylic acids is 1. The number of hydrogen-bond donors (Lipinski definition) is 3. The van der Waals surface area contributed by atoms with E-state index in [2.05, 4.69) is 24.5 Å². The van der Waals surface area contributed by atoms with Crippen LogP contribution in [0, 0.1) is 0 Å². The Labute approximate surface area is 292 Å². The lowest BCUT2D eigenvalue weighted by molar-refractivity contribution is -0.142. The minimum atomic E-state index is -1.00. The van der Waals surface area contributed by atoms with Crippen molar-refractivity contribution in [3.8, 4) is 0 Å². The average molecular weight is 665 g/mol. The van der Waals surface area contributed by atoms with Crippen molar-refractivity contribution in [2.45, 2.75) is 238 Å². The van der Waals surface area contributed by atoms with E-state index in [9.17, 15) is 19.5 Å². The van der Waals surface area contributed by atoms with Crippen molar-refractivity contribution in [2.24, 2.45) is 0 Å². The number of nitrogens with one attached hydrogen (secondary N) is 2. The van der Waals surface area contributed by atoms with Gasteiger partial charge in [0.15, 0.2) is 0 Å². The number of carbonyl (C=O) groups excluding carboxylic acids is 2. The summed E-state index contributed by atoms with van der Waals surface area (Å²) in [6.07, 6.45) is 40.6. The topological polar surface area (TPSA) is 95.5 Å². The Hall–Kier alpha value is -1.59. The number of carboxylic acid groups (broad SMARTS) is 1. The zero-order valence-corrected chi connectivity index (χ0v) is 31.5. The van der Waals surface area contributed by atoms with Crippen LogP contribution < -0.4 is 10.6 Å². The molecular weight excluding hydrogens is 584 g/mol. The van der Waals surface area contributed by atoms with Gasteiger partial charge >= 0.3 is 5.97 Å². The Morgan fingerprint density at radius 2 is 0.723 bits per heavy atom. The summed E-state index contributed by atoms with van der Waals surface area (Å²) in [6.45, 7) is 4.99. The first-order valence-electron chi connectivity index (χ1n) is 20.8. The van der Waals surface area contributed by atoms with Gasteiger partial charge in [0.25, 0.3) is 0 Å². The van der Waals surface area contributed by atoms with Gasteiger partial charge in [-0.25, -0.2) is 4.79 Å². The summed E-state index contributed by atoms with van der Waals surface area (Å²) in [7, 11) is 0. The molecule has 0 aromatic carbocycles. The fourth-order valence-electron chi connectivity index (χ4n) is 6.46. The molecule has 0 saturated heterocycles. The monoisotopic (exact) mass is 665 g/mol. The first kappa shape index (κ1) is 45.4.